The number of hydrogen-bond donors (Lipinski definition) is 0. The first kappa shape index (κ1) is 24.1. The molecule has 0 radical (unpaired) electrons. The van der Waals surface area contributed by atoms with Crippen molar-refractivity contribution in [3.05, 3.63) is 94.4 Å². The van der Waals surface area contributed by atoms with Crippen LogP contribution < -0.4 is 5.56 Å². The van der Waals surface area contributed by atoms with Crippen molar-refractivity contribution in [3.8, 4) is 28.3 Å². The highest BCUT2D eigenvalue weighted by Crippen LogP contribution is 2.31. The van der Waals surface area contributed by atoms with Crippen LogP contribution in [0.15, 0.2) is 76.5 Å². The highest BCUT2D eigenvalue weighted by atomic mass is 16.3. The number of pyridine rings is 1. The molecule has 2 aromatic carbocycles. The van der Waals surface area contributed by atoms with Crippen molar-refractivity contribution in [3.63, 3.8) is 0 Å². The third-order valence-corrected chi connectivity index (χ3v) is 5.90. The van der Waals surface area contributed by atoms with Gasteiger partial charge in [0.1, 0.15) is 11.2 Å². The molecular formula is C29H30N4O2. The average Bonchev–Trinajstić information content (AvgIpc) is 3.45. The van der Waals surface area contributed by atoms with Crippen LogP contribution in [-0.4, -0.2) is 19.7 Å². The van der Waals surface area contributed by atoms with E-state index in [2.05, 4.69) is 42.0 Å². The molecule has 0 aliphatic carbocycles. The van der Waals surface area contributed by atoms with Gasteiger partial charge in [-0.3, -0.25) is 9.78 Å². The maximum atomic E-state index is 13.6. The molecule has 3 aromatic heterocycles. The van der Waals surface area contributed by atoms with Crippen molar-refractivity contribution in [1.29, 1.82) is 0 Å². The van der Waals surface area contributed by atoms with Crippen LogP contribution in [0.1, 0.15) is 44.4 Å². The first-order chi connectivity index (χ1) is 17.1. The van der Waals surface area contributed by atoms with Crippen molar-refractivity contribution in [1.82, 2.24) is 19.7 Å². The van der Waals surface area contributed by atoms with Crippen molar-refractivity contribution in [2.24, 2.45) is 0 Å². The third-order valence-electron chi connectivity index (χ3n) is 5.90. The van der Waals surface area contributed by atoms with Gasteiger partial charge in [0.05, 0.1) is 11.9 Å². The molecule has 0 aliphatic rings. The minimum Gasteiger partial charge on any atom is -0.444 e. The minimum absolute atomic E-state index is 0.215. The highest BCUT2D eigenvalue weighted by molar-refractivity contribution is 5.92. The van der Waals surface area contributed by atoms with E-state index in [1.807, 2.05) is 51.1 Å². The van der Waals surface area contributed by atoms with Crippen LogP contribution >= 0.6 is 0 Å². The van der Waals surface area contributed by atoms with E-state index in [1.165, 1.54) is 6.39 Å². The van der Waals surface area contributed by atoms with Crippen molar-refractivity contribution in [2.75, 3.05) is 0 Å². The summed E-state index contributed by atoms with van der Waals surface area (Å²) in [6.45, 7) is 10.2. The molecule has 0 fully saturated rings. The van der Waals surface area contributed by atoms with Gasteiger partial charge in [-0.05, 0) is 66.8 Å². The molecule has 5 rings (SSSR count). The normalized spacial score (nSPS) is 10.8. The molecule has 6 heteroatoms. The van der Waals surface area contributed by atoms with Crippen molar-refractivity contribution < 1.29 is 4.42 Å². The Kier molecular flexibility index (Phi) is 7.20. The number of para-hydroxylation sites is 1. The third kappa shape index (κ3) is 4.52. The fraction of sp³-hybridized carbons (Fsp3) is 0.241. The largest absolute Gasteiger partial charge is 0.444 e. The quantitative estimate of drug-likeness (QED) is 0.293. The van der Waals surface area contributed by atoms with Crippen LogP contribution in [-0.2, 0) is 12.8 Å². The first-order valence-corrected chi connectivity index (χ1v) is 12.1. The zero-order valence-electron chi connectivity index (χ0n) is 20.9. The van der Waals surface area contributed by atoms with E-state index in [-0.39, 0.29) is 5.56 Å². The molecule has 0 N–H and O–H groups in total. The van der Waals surface area contributed by atoms with Crippen LogP contribution in [0.25, 0.3) is 39.2 Å². The molecule has 0 spiro atoms. The van der Waals surface area contributed by atoms with E-state index in [4.69, 9.17) is 9.52 Å². The molecule has 0 aliphatic heterocycles. The van der Waals surface area contributed by atoms with Crippen molar-refractivity contribution in [2.45, 2.75) is 47.5 Å². The molecule has 0 saturated carbocycles. The standard InChI is InChI=1S/C27H24N4O2.C2H6/c1-4-18-8-6-9-19(5-2)26(18)31-27(32)25-22(10-7-11-29-25)24(30-31)21-13-17(3)12-20(14-21)23-15-28-16-33-23;1-2/h6-16H,4-5H2,1-3H3;1-2H3. The zero-order chi connectivity index (χ0) is 24.9. The summed E-state index contributed by atoms with van der Waals surface area (Å²) in [5.74, 6) is 0.681. The molecule has 0 amide bonds. The van der Waals surface area contributed by atoms with Crippen LogP contribution in [0.2, 0.25) is 0 Å². The zero-order valence-corrected chi connectivity index (χ0v) is 20.9. The smallest absolute Gasteiger partial charge is 0.298 e. The Bertz CT molecular complexity index is 1500. The summed E-state index contributed by atoms with van der Waals surface area (Å²) in [6.07, 6.45) is 6.36. The number of oxazole rings is 1. The van der Waals surface area contributed by atoms with E-state index in [9.17, 15) is 4.79 Å². The van der Waals surface area contributed by atoms with E-state index < -0.39 is 0 Å². The summed E-state index contributed by atoms with van der Waals surface area (Å²) in [7, 11) is 0. The summed E-state index contributed by atoms with van der Waals surface area (Å²) in [5, 5.41) is 5.66. The lowest BCUT2D eigenvalue weighted by Crippen LogP contribution is -2.25. The monoisotopic (exact) mass is 466 g/mol. The summed E-state index contributed by atoms with van der Waals surface area (Å²) in [6, 6.07) is 16.0. The van der Waals surface area contributed by atoms with Gasteiger partial charge >= 0.3 is 0 Å². The first-order valence-electron chi connectivity index (χ1n) is 12.1. The van der Waals surface area contributed by atoms with Crippen LogP contribution in [0.3, 0.4) is 0 Å². The second-order valence-corrected chi connectivity index (χ2v) is 8.05. The van der Waals surface area contributed by atoms with Gasteiger partial charge in [0.25, 0.3) is 5.56 Å². The van der Waals surface area contributed by atoms with Crippen LogP contribution in [0, 0.1) is 6.92 Å². The van der Waals surface area contributed by atoms with Gasteiger partial charge in [0.15, 0.2) is 12.2 Å². The van der Waals surface area contributed by atoms with Gasteiger partial charge in [0.2, 0.25) is 0 Å². The number of fused-ring (bicyclic) bond motifs is 1. The molecule has 0 unspecified atom stereocenters. The van der Waals surface area contributed by atoms with Gasteiger partial charge in [0, 0.05) is 22.7 Å². The second-order valence-electron chi connectivity index (χ2n) is 8.05. The Morgan fingerprint density at radius 1 is 0.943 bits per heavy atom. The lowest BCUT2D eigenvalue weighted by molar-refractivity contribution is 0.572. The number of benzene rings is 2. The SMILES string of the molecule is CC.CCc1cccc(CC)c1-n1nc(-c2cc(C)cc(-c3cnco3)c2)c2cccnc2c1=O. The van der Waals surface area contributed by atoms with Gasteiger partial charge < -0.3 is 4.42 Å². The van der Waals surface area contributed by atoms with Gasteiger partial charge in [-0.1, -0.05) is 45.9 Å². The van der Waals surface area contributed by atoms with Crippen LogP contribution in [0.5, 0.6) is 0 Å². The van der Waals surface area contributed by atoms with Gasteiger partial charge in [-0.25, -0.2) is 4.98 Å². The van der Waals surface area contributed by atoms with Gasteiger partial charge in [-0.2, -0.15) is 9.78 Å². The van der Waals surface area contributed by atoms with E-state index >= 15 is 0 Å². The number of aryl methyl sites for hydroxylation is 3. The molecule has 0 bridgehead atoms. The van der Waals surface area contributed by atoms with E-state index in [0.29, 0.717) is 17.0 Å². The van der Waals surface area contributed by atoms with E-state index in [0.717, 1.165) is 51.7 Å². The molecule has 0 atom stereocenters. The fourth-order valence-corrected chi connectivity index (χ4v) is 4.34. The lowest BCUT2D eigenvalue weighted by atomic mass is 10.0. The fourth-order valence-electron chi connectivity index (χ4n) is 4.34. The molecule has 178 valence electrons. The predicted octanol–water partition coefficient (Wildman–Crippen LogP) is 6.56. The minimum atomic E-state index is -0.215. The Morgan fingerprint density at radius 3 is 2.31 bits per heavy atom. The summed E-state index contributed by atoms with van der Waals surface area (Å²) in [4.78, 5) is 22.1. The predicted molar refractivity (Wildman–Crippen MR) is 141 cm³/mol. The Morgan fingerprint density at radius 2 is 1.66 bits per heavy atom. The number of hydrogen-bond acceptors (Lipinski definition) is 5. The van der Waals surface area contributed by atoms with Gasteiger partial charge in [-0.15, -0.1) is 0 Å². The highest BCUT2D eigenvalue weighted by Gasteiger charge is 2.19. The lowest BCUT2D eigenvalue weighted by Gasteiger charge is -2.17. The maximum Gasteiger partial charge on any atom is 0.298 e. The average molecular weight is 467 g/mol. The number of nitrogens with zero attached hydrogens (tertiary/aromatic N) is 4. The molecule has 5 aromatic rings. The van der Waals surface area contributed by atoms with E-state index in [1.54, 1.807) is 17.1 Å². The second kappa shape index (κ2) is 10.5. The maximum absolute atomic E-state index is 13.6. The number of aromatic nitrogens is 4. The summed E-state index contributed by atoms with van der Waals surface area (Å²) >= 11 is 0. The topological polar surface area (TPSA) is 73.8 Å². The summed E-state index contributed by atoms with van der Waals surface area (Å²) in [5.41, 5.74) is 6.75. The molecule has 35 heavy (non-hydrogen) atoms. The Hall–Kier alpha value is -4.06. The Labute approximate surface area is 205 Å². The molecule has 6 nitrogen and oxygen atoms in total. The Balaban J connectivity index is 0.00000141. The summed E-state index contributed by atoms with van der Waals surface area (Å²) < 4.78 is 7.07. The van der Waals surface area contributed by atoms with Crippen LogP contribution in [0.4, 0.5) is 0 Å². The molecular weight excluding hydrogens is 436 g/mol. The molecule has 3 heterocycles. The number of rotatable bonds is 5. The van der Waals surface area contributed by atoms with Crippen molar-refractivity contribution >= 4 is 10.9 Å². The molecule has 0 saturated heterocycles.